The second kappa shape index (κ2) is 3.05. The fourth-order valence-electron chi connectivity index (χ4n) is 0.535. The Balaban J connectivity index is 4.39. The third-order valence-corrected chi connectivity index (χ3v) is 1.27. The van der Waals surface area contributed by atoms with Gasteiger partial charge >= 0.3 is 0 Å². The molecule has 0 saturated carbocycles. The number of allylic oxidation sites excluding steroid dienone is 1. The van der Waals surface area contributed by atoms with Gasteiger partial charge in [0.2, 0.25) is 5.91 Å². The number of hydrogen-bond acceptors (Lipinski definition) is 2. The number of amides is 1. The summed E-state index contributed by atoms with van der Waals surface area (Å²) in [6, 6.07) is 0. The average Bonchev–Trinajstić information content (AvgIpc) is 1.82. The Morgan fingerprint density at radius 2 is 1.82 bits per heavy atom. The molecule has 11 heavy (non-hydrogen) atoms. The van der Waals surface area contributed by atoms with Crippen LogP contribution in [0.1, 0.15) is 27.7 Å². The lowest BCUT2D eigenvalue weighted by Crippen LogP contribution is -2.42. The molecule has 0 aliphatic carbocycles. The Kier molecular flexibility index (Phi) is 2.82. The van der Waals surface area contributed by atoms with Crippen LogP contribution in [0.25, 0.3) is 0 Å². The van der Waals surface area contributed by atoms with Crippen LogP contribution in [0.2, 0.25) is 0 Å². The van der Waals surface area contributed by atoms with Crippen molar-refractivity contribution in [3.63, 3.8) is 0 Å². The van der Waals surface area contributed by atoms with Crippen molar-refractivity contribution in [1.82, 2.24) is 5.01 Å². The molecule has 0 aliphatic rings. The molecule has 0 unspecified atom stereocenters. The molecule has 0 heterocycles. The molecule has 0 atom stereocenters. The molecule has 64 valence electrons. The molecule has 0 fully saturated rings. The largest absolute Gasteiger partial charge is 0.272 e. The van der Waals surface area contributed by atoms with Crippen molar-refractivity contribution in [2.45, 2.75) is 27.7 Å². The first kappa shape index (κ1) is 10.2. The number of nitrogens with two attached hydrogens (primary N) is 1. The number of nitrogens with zero attached hydrogens (tertiary/aromatic N) is 1. The molecule has 2 N–H and O–H groups in total. The number of carbonyl (C=O) groups excluding carboxylic acids is 1. The topological polar surface area (TPSA) is 46.3 Å². The normalized spacial score (nSPS) is 11.0. The van der Waals surface area contributed by atoms with Gasteiger partial charge in [0.05, 0.1) is 0 Å². The lowest BCUT2D eigenvalue weighted by atomic mass is 9.95. The molecule has 0 rings (SSSR count). The SMILES string of the molecule is C=C(C)N(N)C(=O)C(C)(C)C. The standard InChI is InChI=1S/C8H16N2O/c1-6(2)10(9)7(11)8(3,4)5/h1,9H2,2-5H3. The number of hydrogen-bond donors (Lipinski definition) is 1. The molecule has 0 aliphatic heterocycles. The smallest absolute Gasteiger partial charge is 0.246 e. The van der Waals surface area contributed by atoms with Gasteiger partial charge in [0, 0.05) is 11.1 Å². The molecule has 0 radical (unpaired) electrons. The first-order chi connectivity index (χ1) is 4.76. The maximum absolute atomic E-state index is 11.3. The Labute approximate surface area is 67.8 Å². The molecule has 0 saturated heterocycles. The van der Waals surface area contributed by atoms with Gasteiger partial charge in [0.1, 0.15) is 0 Å². The van der Waals surface area contributed by atoms with Crippen molar-refractivity contribution in [1.29, 1.82) is 0 Å². The quantitative estimate of drug-likeness (QED) is 0.353. The maximum atomic E-state index is 11.3. The summed E-state index contributed by atoms with van der Waals surface area (Å²) in [5, 5.41) is 1.08. The van der Waals surface area contributed by atoms with E-state index in [9.17, 15) is 4.79 Å². The van der Waals surface area contributed by atoms with Crippen molar-refractivity contribution < 1.29 is 4.79 Å². The monoisotopic (exact) mass is 156 g/mol. The molecule has 3 heteroatoms. The predicted molar refractivity (Wildman–Crippen MR) is 45.3 cm³/mol. The van der Waals surface area contributed by atoms with Gasteiger partial charge in [0.25, 0.3) is 0 Å². The van der Waals surface area contributed by atoms with E-state index >= 15 is 0 Å². The van der Waals surface area contributed by atoms with E-state index in [4.69, 9.17) is 5.84 Å². The summed E-state index contributed by atoms with van der Waals surface area (Å²) < 4.78 is 0. The van der Waals surface area contributed by atoms with Crippen LogP contribution in [-0.4, -0.2) is 10.9 Å². The highest BCUT2D eigenvalue weighted by molar-refractivity contribution is 5.82. The van der Waals surface area contributed by atoms with Gasteiger partial charge in [-0.05, 0) is 6.92 Å². The van der Waals surface area contributed by atoms with E-state index in [1.165, 1.54) is 0 Å². The zero-order chi connectivity index (χ0) is 9.23. The molecule has 0 bridgehead atoms. The number of hydrazine groups is 1. The summed E-state index contributed by atoms with van der Waals surface area (Å²) in [6.45, 7) is 10.7. The Morgan fingerprint density at radius 1 is 1.45 bits per heavy atom. The van der Waals surface area contributed by atoms with Crippen LogP contribution in [-0.2, 0) is 4.79 Å². The van der Waals surface area contributed by atoms with Crippen LogP contribution < -0.4 is 5.84 Å². The van der Waals surface area contributed by atoms with Crippen molar-refractivity contribution in [3.8, 4) is 0 Å². The average molecular weight is 156 g/mol. The minimum absolute atomic E-state index is 0.120. The zero-order valence-electron chi connectivity index (χ0n) is 7.64. The van der Waals surface area contributed by atoms with Gasteiger partial charge in [-0.15, -0.1) is 0 Å². The van der Waals surface area contributed by atoms with E-state index in [2.05, 4.69) is 6.58 Å². The summed E-state index contributed by atoms with van der Waals surface area (Å²) in [5.74, 6) is 5.31. The predicted octanol–water partition coefficient (Wildman–Crippen LogP) is 1.27. The van der Waals surface area contributed by atoms with Gasteiger partial charge in [-0.25, -0.2) is 5.84 Å². The van der Waals surface area contributed by atoms with Crippen LogP contribution >= 0.6 is 0 Å². The van der Waals surface area contributed by atoms with Gasteiger partial charge in [0.15, 0.2) is 0 Å². The first-order valence-electron chi connectivity index (χ1n) is 3.51. The van der Waals surface area contributed by atoms with Crippen LogP contribution in [0.4, 0.5) is 0 Å². The van der Waals surface area contributed by atoms with Gasteiger partial charge in [-0.3, -0.25) is 9.80 Å². The minimum Gasteiger partial charge on any atom is -0.272 e. The molecule has 0 spiro atoms. The molecule has 1 amide bonds. The molecule has 3 nitrogen and oxygen atoms in total. The maximum Gasteiger partial charge on any atom is 0.246 e. The summed E-state index contributed by atoms with van der Waals surface area (Å²) in [5.41, 5.74) is 0.123. The molecular formula is C8H16N2O. The number of rotatable bonds is 1. The fraction of sp³-hybridized carbons (Fsp3) is 0.625. The lowest BCUT2D eigenvalue weighted by molar-refractivity contribution is -0.137. The Hall–Kier alpha value is -0.830. The molecule has 0 aromatic rings. The highest BCUT2D eigenvalue weighted by atomic mass is 16.2. The highest BCUT2D eigenvalue weighted by Crippen LogP contribution is 2.16. The van der Waals surface area contributed by atoms with Gasteiger partial charge in [-0.1, -0.05) is 27.4 Å². The summed E-state index contributed by atoms with van der Waals surface area (Å²) in [6.07, 6.45) is 0. The van der Waals surface area contributed by atoms with Crippen molar-refractivity contribution >= 4 is 5.91 Å². The van der Waals surface area contributed by atoms with Crippen LogP contribution in [0.15, 0.2) is 12.3 Å². The summed E-state index contributed by atoms with van der Waals surface area (Å²) in [7, 11) is 0. The molecule has 0 aromatic heterocycles. The van der Waals surface area contributed by atoms with Crippen LogP contribution in [0.5, 0.6) is 0 Å². The second-order valence-electron chi connectivity index (χ2n) is 3.66. The van der Waals surface area contributed by atoms with Gasteiger partial charge in [-0.2, -0.15) is 0 Å². The fourth-order valence-corrected chi connectivity index (χ4v) is 0.535. The third-order valence-electron chi connectivity index (χ3n) is 1.27. The van der Waals surface area contributed by atoms with E-state index in [0.29, 0.717) is 5.70 Å². The van der Waals surface area contributed by atoms with Crippen molar-refractivity contribution in [2.75, 3.05) is 0 Å². The Morgan fingerprint density at radius 3 is 1.91 bits per heavy atom. The van der Waals surface area contributed by atoms with E-state index in [-0.39, 0.29) is 5.91 Å². The van der Waals surface area contributed by atoms with Crippen LogP contribution in [0, 0.1) is 5.41 Å². The van der Waals surface area contributed by atoms with E-state index in [1.54, 1.807) is 6.92 Å². The van der Waals surface area contributed by atoms with Crippen molar-refractivity contribution in [3.05, 3.63) is 12.3 Å². The first-order valence-corrected chi connectivity index (χ1v) is 3.51. The Bertz CT molecular complexity index is 179. The summed E-state index contributed by atoms with van der Waals surface area (Å²) in [4.78, 5) is 11.3. The number of carbonyl (C=O) groups is 1. The van der Waals surface area contributed by atoms with Crippen molar-refractivity contribution in [2.24, 2.45) is 11.3 Å². The third kappa shape index (κ3) is 2.72. The zero-order valence-corrected chi connectivity index (χ0v) is 7.64. The van der Waals surface area contributed by atoms with Crippen LogP contribution in [0.3, 0.4) is 0 Å². The molecule has 0 aromatic carbocycles. The van der Waals surface area contributed by atoms with E-state index in [0.717, 1.165) is 5.01 Å². The highest BCUT2D eigenvalue weighted by Gasteiger charge is 2.25. The van der Waals surface area contributed by atoms with Gasteiger partial charge < -0.3 is 0 Å². The minimum atomic E-state index is -0.437. The molecular weight excluding hydrogens is 140 g/mol. The summed E-state index contributed by atoms with van der Waals surface area (Å²) >= 11 is 0. The van der Waals surface area contributed by atoms with E-state index < -0.39 is 5.41 Å². The van der Waals surface area contributed by atoms with E-state index in [1.807, 2.05) is 20.8 Å². The second-order valence-corrected chi connectivity index (χ2v) is 3.66. The lowest BCUT2D eigenvalue weighted by Gasteiger charge is -2.24.